The first kappa shape index (κ1) is 12.4. The van der Waals surface area contributed by atoms with E-state index < -0.39 is 0 Å². The molecule has 0 radical (unpaired) electrons. The molecule has 0 unspecified atom stereocenters. The molecule has 92 valence electrons. The van der Waals surface area contributed by atoms with Crippen LogP contribution in [0.1, 0.15) is 31.3 Å². The van der Waals surface area contributed by atoms with Crippen LogP contribution in [-0.4, -0.2) is 14.5 Å². The fourth-order valence-corrected chi connectivity index (χ4v) is 3.58. The predicted molar refractivity (Wildman–Crippen MR) is 73.4 cm³/mol. The number of nitrogens with zero attached hydrogens (tertiary/aromatic N) is 3. The zero-order valence-electron chi connectivity index (χ0n) is 10.2. The predicted octanol–water partition coefficient (Wildman–Crippen LogP) is 3.10. The van der Waals surface area contributed by atoms with E-state index in [2.05, 4.69) is 28.4 Å². The van der Waals surface area contributed by atoms with Crippen LogP contribution in [0, 0.1) is 6.92 Å². The van der Waals surface area contributed by atoms with Gasteiger partial charge in [-0.1, -0.05) is 11.3 Å². The molecule has 4 nitrogen and oxygen atoms in total. The summed E-state index contributed by atoms with van der Waals surface area (Å²) in [5.74, 6) is 0.903. The maximum Gasteiger partial charge on any atom is 0.181 e. The SMILES string of the molecule is Cc1nc(N)sc1SCc1cncn1C(C)C. The summed E-state index contributed by atoms with van der Waals surface area (Å²) >= 11 is 3.32. The molecule has 0 spiro atoms. The van der Waals surface area contributed by atoms with Crippen molar-refractivity contribution in [2.75, 3.05) is 5.73 Å². The zero-order valence-corrected chi connectivity index (χ0v) is 11.8. The molecule has 0 aliphatic heterocycles. The zero-order chi connectivity index (χ0) is 12.4. The number of thioether (sulfide) groups is 1. The van der Waals surface area contributed by atoms with E-state index in [0.717, 1.165) is 11.4 Å². The first-order chi connectivity index (χ1) is 8.08. The van der Waals surface area contributed by atoms with Crippen LogP contribution in [0.4, 0.5) is 5.13 Å². The van der Waals surface area contributed by atoms with Gasteiger partial charge in [0.25, 0.3) is 0 Å². The topological polar surface area (TPSA) is 56.7 Å². The number of rotatable bonds is 4. The molecule has 0 bridgehead atoms. The Labute approximate surface area is 109 Å². The summed E-state index contributed by atoms with van der Waals surface area (Å²) in [5.41, 5.74) is 7.94. The van der Waals surface area contributed by atoms with Gasteiger partial charge in [0.15, 0.2) is 5.13 Å². The molecule has 0 saturated heterocycles. The third-order valence-electron chi connectivity index (χ3n) is 2.42. The highest BCUT2D eigenvalue weighted by molar-refractivity contribution is 8.00. The van der Waals surface area contributed by atoms with Crippen LogP contribution in [0.15, 0.2) is 16.7 Å². The molecule has 0 atom stereocenters. The average Bonchev–Trinajstić information content (AvgIpc) is 2.82. The molecule has 0 saturated carbocycles. The van der Waals surface area contributed by atoms with Gasteiger partial charge in [-0.05, 0) is 20.8 Å². The summed E-state index contributed by atoms with van der Waals surface area (Å²) in [4.78, 5) is 8.42. The van der Waals surface area contributed by atoms with Crippen LogP contribution in [0.5, 0.6) is 0 Å². The molecule has 2 aromatic heterocycles. The Morgan fingerprint density at radius 2 is 2.29 bits per heavy atom. The fourth-order valence-electron chi connectivity index (χ4n) is 1.58. The van der Waals surface area contributed by atoms with Crippen molar-refractivity contribution in [2.45, 2.75) is 36.8 Å². The summed E-state index contributed by atoms with van der Waals surface area (Å²) in [7, 11) is 0. The number of anilines is 1. The molecule has 2 N–H and O–H groups in total. The van der Waals surface area contributed by atoms with Gasteiger partial charge in [-0.2, -0.15) is 0 Å². The van der Waals surface area contributed by atoms with E-state index in [0.29, 0.717) is 11.2 Å². The van der Waals surface area contributed by atoms with Crippen LogP contribution in [0.25, 0.3) is 0 Å². The first-order valence-corrected chi connectivity index (χ1v) is 7.24. The Bertz CT molecular complexity index is 501. The van der Waals surface area contributed by atoms with E-state index in [1.54, 1.807) is 23.1 Å². The summed E-state index contributed by atoms with van der Waals surface area (Å²) in [6.07, 6.45) is 3.81. The lowest BCUT2D eigenvalue weighted by Crippen LogP contribution is -2.02. The molecule has 2 rings (SSSR count). The maximum atomic E-state index is 5.68. The number of hydrogen-bond acceptors (Lipinski definition) is 5. The number of hydrogen-bond donors (Lipinski definition) is 1. The van der Waals surface area contributed by atoms with E-state index in [-0.39, 0.29) is 0 Å². The van der Waals surface area contributed by atoms with E-state index in [1.807, 2.05) is 19.4 Å². The van der Waals surface area contributed by atoms with E-state index in [4.69, 9.17) is 5.73 Å². The van der Waals surface area contributed by atoms with Crippen molar-refractivity contribution in [2.24, 2.45) is 0 Å². The Morgan fingerprint density at radius 1 is 1.53 bits per heavy atom. The van der Waals surface area contributed by atoms with Gasteiger partial charge >= 0.3 is 0 Å². The van der Waals surface area contributed by atoms with Gasteiger partial charge in [-0.25, -0.2) is 9.97 Å². The molecular formula is C11H16N4S2. The summed E-state index contributed by atoms with van der Waals surface area (Å²) in [5, 5.41) is 0.641. The standard InChI is InChI=1S/C11H16N4S2/c1-7(2)15-6-13-4-9(15)5-16-10-8(3)14-11(12)17-10/h4,6-7H,5H2,1-3H3,(H2,12,14). The molecule has 17 heavy (non-hydrogen) atoms. The van der Waals surface area contributed by atoms with Crippen molar-refractivity contribution in [3.8, 4) is 0 Å². The maximum absolute atomic E-state index is 5.68. The normalized spacial score (nSPS) is 11.3. The Hall–Kier alpha value is -1.01. The summed E-state index contributed by atoms with van der Waals surface area (Å²) in [6.45, 7) is 6.31. The Kier molecular flexibility index (Phi) is 3.73. The summed E-state index contributed by atoms with van der Waals surface area (Å²) in [6, 6.07) is 0.445. The second-order valence-corrected chi connectivity index (χ2v) is 6.37. The third kappa shape index (κ3) is 2.81. The molecule has 0 aromatic carbocycles. The molecule has 0 aliphatic rings. The van der Waals surface area contributed by atoms with Gasteiger partial charge in [0.2, 0.25) is 0 Å². The molecular weight excluding hydrogens is 252 g/mol. The second kappa shape index (κ2) is 5.10. The number of imidazole rings is 1. The van der Waals surface area contributed by atoms with Crippen molar-refractivity contribution in [3.05, 3.63) is 23.9 Å². The molecule has 0 amide bonds. The van der Waals surface area contributed by atoms with E-state index in [9.17, 15) is 0 Å². The fraction of sp³-hybridized carbons (Fsp3) is 0.455. The van der Waals surface area contributed by atoms with Crippen molar-refractivity contribution in [3.63, 3.8) is 0 Å². The second-order valence-electron chi connectivity index (χ2n) is 4.10. The first-order valence-electron chi connectivity index (χ1n) is 5.44. The highest BCUT2D eigenvalue weighted by Gasteiger charge is 2.09. The number of nitrogens with two attached hydrogens (primary N) is 1. The van der Waals surface area contributed by atoms with Crippen molar-refractivity contribution in [1.82, 2.24) is 14.5 Å². The van der Waals surface area contributed by atoms with Gasteiger partial charge in [0, 0.05) is 23.7 Å². The lowest BCUT2D eigenvalue weighted by atomic mass is 10.4. The van der Waals surface area contributed by atoms with Gasteiger partial charge in [0.05, 0.1) is 16.2 Å². The van der Waals surface area contributed by atoms with E-state index in [1.165, 1.54) is 9.90 Å². The van der Waals surface area contributed by atoms with Crippen LogP contribution in [0.2, 0.25) is 0 Å². The highest BCUT2D eigenvalue weighted by atomic mass is 32.2. The van der Waals surface area contributed by atoms with Gasteiger partial charge in [-0.15, -0.1) is 11.8 Å². The lowest BCUT2D eigenvalue weighted by molar-refractivity contribution is 0.584. The molecule has 6 heteroatoms. The van der Waals surface area contributed by atoms with Crippen molar-refractivity contribution < 1.29 is 0 Å². The number of aryl methyl sites for hydroxylation is 1. The minimum atomic E-state index is 0.445. The smallest absolute Gasteiger partial charge is 0.181 e. The minimum Gasteiger partial charge on any atom is -0.375 e. The van der Waals surface area contributed by atoms with Gasteiger partial charge in [-0.3, -0.25) is 0 Å². The Morgan fingerprint density at radius 3 is 2.88 bits per heavy atom. The van der Waals surface area contributed by atoms with Crippen molar-refractivity contribution >= 4 is 28.2 Å². The average molecular weight is 268 g/mol. The van der Waals surface area contributed by atoms with Crippen LogP contribution in [-0.2, 0) is 5.75 Å². The van der Waals surface area contributed by atoms with Gasteiger partial charge < -0.3 is 10.3 Å². The molecule has 0 fully saturated rings. The number of thiazole rings is 1. The number of nitrogen functional groups attached to an aromatic ring is 1. The van der Waals surface area contributed by atoms with E-state index >= 15 is 0 Å². The molecule has 0 aliphatic carbocycles. The van der Waals surface area contributed by atoms with Crippen LogP contribution >= 0.6 is 23.1 Å². The molecule has 2 heterocycles. The molecule has 2 aromatic rings. The van der Waals surface area contributed by atoms with Gasteiger partial charge in [0.1, 0.15) is 0 Å². The summed E-state index contributed by atoms with van der Waals surface area (Å²) < 4.78 is 3.38. The number of aromatic nitrogens is 3. The van der Waals surface area contributed by atoms with Crippen LogP contribution in [0.3, 0.4) is 0 Å². The lowest BCUT2D eigenvalue weighted by Gasteiger charge is -2.10. The van der Waals surface area contributed by atoms with Crippen molar-refractivity contribution in [1.29, 1.82) is 0 Å². The monoisotopic (exact) mass is 268 g/mol. The quantitative estimate of drug-likeness (QED) is 0.866. The largest absolute Gasteiger partial charge is 0.375 e. The Balaban J connectivity index is 2.07. The van der Waals surface area contributed by atoms with Crippen LogP contribution < -0.4 is 5.73 Å². The third-order valence-corrected chi connectivity index (χ3v) is 4.81. The highest BCUT2D eigenvalue weighted by Crippen LogP contribution is 2.32. The minimum absolute atomic E-state index is 0.445.